The van der Waals surface area contributed by atoms with Crippen molar-refractivity contribution in [3.8, 4) is 11.3 Å². The lowest BCUT2D eigenvalue weighted by Crippen LogP contribution is -2.22. The third-order valence-corrected chi connectivity index (χ3v) is 7.10. The number of hydrogen-bond donors (Lipinski definition) is 3. The Morgan fingerprint density at radius 1 is 0.921 bits per heavy atom. The molecule has 9 nitrogen and oxygen atoms in total. The van der Waals surface area contributed by atoms with Crippen molar-refractivity contribution in [2.45, 2.75) is 17.3 Å². The zero-order valence-electron chi connectivity index (χ0n) is 20.0. The smallest absolute Gasteiger partial charge is 0.336 e. The van der Waals surface area contributed by atoms with Crippen LogP contribution in [0.5, 0.6) is 0 Å². The number of H-pyrrole nitrogens is 1. The molecule has 186 valence electrons. The summed E-state index contributed by atoms with van der Waals surface area (Å²) in [7, 11) is 0. The molecule has 0 aliphatic rings. The van der Waals surface area contributed by atoms with Crippen LogP contribution < -0.4 is 5.32 Å². The van der Waals surface area contributed by atoms with Gasteiger partial charge >= 0.3 is 5.97 Å². The van der Waals surface area contributed by atoms with Gasteiger partial charge in [0.2, 0.25) is 11.1 Å². The summed E-state index contributed by atoms with van der Waals surface area (Å²) in [6.07, 6.45) is 0. The average Bonchev–Trinajstić information content (AvgIpc) is 3.30. The normalized spacial score (nSPS) is 12.1. The lowest BCUT2D eigenvalue weighted by atomic mass is 10.0. The quantitative estimate of drug-likeness (QED) is 0.244. The summed E-state index contributed by atoms with van der Waals surface area (Å²) in [4.78, 5) is 37.0. The number of nitrogens with zero attached hydrogens (tertiary/aromatic N) is 4. The summed E-state index contributed by atoms with van der Waals surface area (Å²) in [5.74, 6) is -1.22. The molecule has 3 N–H and O–H groups in total. The van der Waals surface area contributed by atoms with Gasteiger partial charge in [0.15, 0.2) is 5.65 Å². The lowest BCUT2D eigenvalue weighted by Gasteiger charge is -2.12. The van der Waals surface area contributed by atoms with Gasteiger partial charge in [-0.15, -0.1) is 10.2 Å². The number of carboxylic acids is 1. The van der Waals surface area contributed by atoms with E-state index in [4.69, 9.17) is 0 Å². The van der Waals surface area contributed by atoms with Crippen LogP contribution in [0, 0.1) is 0 Å². The predicted molar refractivity (Wildman–Crippen MR) is 147 cm³/mol. The highest BCUT2D eigenvalue weighted by atomic mass is 32.2. The number of fused-ring (bicyclic) bond motifs is 4. The molecular formula is C28H20N6O3S. The average molecular weight is 521 g/mol. The van der Waals surface area contributed by atoms with Crippen LogP contribution in [0.2, 0.25) is 0 Å². The molecule has 0 fully saturated rings. The summed E-state index contributed by atoms with van der Waals surface area (Å²) in [5.41, 5.74) is 4.93. The van der Waals surface area contributed by atoms with Crippen LogP contribution in [0.4, 0.5) is 5.69 Å². The summed E-state index contributed by atoms with van der Waals surface area (Å²) in [6, 6.07) is 23.6. The highest BCUT2D eigenvalue weighted by Crippen LogP contribution is 2.28. The molecule has 3 heterocycles. The molecule has 3 aromatic heterocycles. The number of pyridine rings is 1. The molecule has 6 rings (SSSR count). The first-order chi connectivity index (χ1) is 18.5. The fraction of sp³-hybridized carbons (Fsp3) is 0.0714. The van der Waals surface area contributed by atoms with Crippen molar-refractivity contribution in [2.75, 3.05) is 5.32 Å². The van der Waals surface area contributed by atoms with Gasteiger partial charge in [0.25, 0.3) is 0 Å². The van der Waals surface area contributed by atoms with E-state index in [0.717, 1.165) is 16.5 Å². The minimum Gasteiger partial charge on any atom is -0.478 e. The van der Waals surface area contributed by atoms with E-state index in [1.807, 2.05) is 30.3 Å². The molecule has 38 heavy (non-hydrogen) atoms. The van der Waals surface area contributed by atoms with E-state index < -0.39 is 11.2 Å². The first-order valence-electron chi connectivity index (χ1n) is 11.8. The number of rotatable bonds is 6. The van der Waals surface area contributed by atoms with E-state index in [0.29, 0.717) is 38.6 Å². The number of nitrogens with one attached hydrogen (secondary N) is 2. The third-order valence-electron chi connectivity index (χ3n) is 6.15. The van der Waals surface area contributed by atoms with E-state index in [1.165, 1.54) is 11.8 Å². The Morgan fingerprint density at radius 3 is 2.45 bits per heavy atom. The van der Waals surface area contributed by atoms with Crippen molar-refractivity contribution in [3.05, 3.63) is 84.4 Å². The summed E-state index contributed by atoms with van der Waals surface area (Å²) in [5, 5.41) is 22.5. The number of carboxylic acid groups (broad SMARTS) is 1. The van der Waals surface area contributed by atoms with E-state index in [1.54, 1.807) is 55.5 Å². The van der Waals surface area contributed by atoms with Crippen molar-refractivity contribution in [2.24, 2.45) is 0 Å². The number of benzene rings is 3. The van der Waals surface area contributed by atoms with Gasteiger partial charge in [0.05, 0.1) is 22.0 Å². The molecule has 0 bridgehead atoms. The molecule has 1 atom stereocenters. The van der Waals surface area contributed by atoms with Gasteiger partial charge in [-0.2, -0.15) is 0 Å². The number of aromatic carboxylic acids is 1. The van der Waals surface area contributed by atoms with Gasteiger partial charge in [0, 0.05) is 27.5 Å². The fourth-order valence-electron chi connectivity index (χ4n) is 4.24. The molecule has 1 unspecified atom stereocenters. The number of amides is 1. The maximum atomic E-state index is 12.8. The van der Waals surface area contributed by atoms with Crippen molar-refractivity contribution in [3.63, 3.8) is 0 Å². The maximum absolute atomic E-state index is 12.8. The van der Waals surface area contributed by atoms with Crippen LogP contribution in [0.3, 0.4) is 0 Å². The zero-order valence-corrected chi connectivity index (χ0v) is 20.9. The van der Waals surface area contributed by atoms with Crippen LogP contribution >= 0.6 is 11.8 Å². The Bertz CT molecular complexity index is 1850. The molecular weight excluding hydrogens is 500 g/mol. The highest BCUT2D eigenvalue weighted by molar-refractivity contribution is 8.00. The van der Waals surface area contributed by atoms with E-state index >= 15 is 0 Å². The van der Waals surface area contributed by atoms with Gasteiger partial charge in [-0.3, -0.25) is 4.79 Å². The molecule has 0 spiro atoms. The van der Waals surface area contributed by atoms with Crippen LogP contribution in [-0.2, 0) is 4.79 Å². The lowest BCUT2D eigenvalue weighted by molar-refractivity contribution is -0.115. The minimum atomic E-state index is -1.01. The van der Waals surface area contributed by atoms with Crippen molar-refractivity contribution in [1.29, 1.82) is 0 Å². The van der Waals surface area contributed by atoms with E-state index in [-0.39, 0.29) is 11.5 Å². The second-order valence-electron chi connectivity index (χ2n) is 8.67. The van der Waals surface area contributed by atoms with Crippen molar-refractivity contribution >= 4 is 62.3 Å². The third kappa shape index (κ3) is 4.41. The zero-order chi connectivity index (χ0) is 26.2. The molecule has 3 aromatic carbocycles. The number of thioether (sulfide) groups is 1. The van der Waals surface area contributed by atoms with Crippen LogP contribution in [0.1, 0.15) is 17.3 Å². The Morgan fingerprint density at radius 2 is 1.66 bits per heavy atom. The number of aromatic nitrogens is 5. The molecule has 0 saturated heterocycles. The molecule has 1 amide bonds. The number of hydrogen-bond acceptors (Lipinski definition) is 7. The van der Waals surface area contributed by atoms with Crippen molar-refractivity contribution in [1.82, 2.24) is 25.1 Å². The molecule has 0 radical (unpaired) electrons. The molecule has 0 saturated carbocycles. The topological polar surface area (TPSA) is 134 Å². The Hall–Kier alpha value is -4.83. The Balaban J connectivity index is 1.17. The Labute approximate surface area is 220 Å². The van der Waals surface area contributed by atoms with E-state index in [9.17, 15) is 14.7 Å². The predicted octanol–water partition coefficient (Wildman–Crippen LogP) is 5.54. The molecule has 0 aliphatic carbocycles. The number of anilines is 1. The van der Waals surface area contributed by atoms with E-state index in [2.05, 4.69) is 30.5 Å². The summed E-state index contributed by atoms with van der Waals surface area (Å²) < 4.78 is 0. The summed E-state index contributed by atoms with van der Waals surface area (Å²) in [6.45, 7) is 1.78. The van der Waals surface area contributed by atoms with Crippen molar-refractivity contribution < 1.29 is 14.7 Å². The van der Waals surface area contributed by atoms with Gasteiger partial charge in [-0.05, 0) is 37.3 Å². The molecule has 6 aromatic rings. The Kier molecular flexibility index (Phi) is 5.93. The largest absolute Gasteiger partial charge is 0.478 e. The second-order valence-corrected chi connectivity index (χ2v) is 9.97. The number of carbonyl (C=O) groups excluding carboxylic acids is 1. The van der Waals surface area contributed by atoms with Crippen LogP contribution in [0.15, 0.2) is 84.0 Å². The number of para-hydroxylation sites is 2. The second kappa shape index (κ2) is 9.56. The summed E-state index contributed by atoms with van der Waals surface area (Å²) >= 11 is 1.22. The molecule has 10 heteroatoms. The van der Waals surface area contributed by atoms with Crippen LogP contribution in [0.25, 0.3) is 44.2 Å². The molecule has 0 aliphatic heterocycles. The maximum Gasteiger partial charge on any atom is 0.336 e. The number of carbonyl (C=O) groups is 2. The monoisotopic (exact) mass is 520 g/mol. The first kappa shape index (κ1) is 23.6. The van der Waals surface area contributed by atoms with Gasteiger partial charge < -0.3 is 15.4 Å². The highest BCUT2D eigenvalue weighted by Gasteiger charge is 2.18. The fourth-order valence-corrected chi connectivity index (χ4v) is 4.95. The number of aromatic amines is 1. The van der Waals surface area contributed by atoms with Crippen LogP contribution in [-0.4, -0.2) is 47.4 Å². The standard InChI is InChI=1S/C28H20N6O3S/c1-15(38-28-32-25-24(33-34-28)19-7-3-5-9-22(19)31-25)26(35)29-17-12-10-16(11-13-17)23-14-20(27(36)37)18-6-2-4-8-21(18)30-23/h2-15H,1H3,(H,29,35)(H,36,37)(H,31,32,34). The first-order valence-corrected chi connectivity index (χ1v) is 12.7. The SMILES string of the molecule is CC(Sc1nnc2c(n1)[nH]c1ccccc12)C(=O)Nc1ccc(-c2cc(C(=O)O)c3ccccc3n2)cc1. The minimum absolute atomic E-state index is 0.191. The van der Waals surface area contributed by atoms with Gasteiger partial charge in [0.1, 0.15) is 5.52 Å². The van der Waals surface area contributed by atoms with Gasteiger partial charge in [-0.1, -0.05) is 60.3 Å². The van der Waals surface area contributed by atoms with Gasteiger partial charge in [-0.25, -0.2) is 14.8 Å².